The summed E-state index contributed by atoms with van der Waals surface area (Å²) in [5.41, 5.74) is 20.7. The van der Waals surface area contributed by atoms with Crippen molar-refractivity contribution in [1.82, 2.24) is 0 Å². The lowest BCUT2D eigenvalue weighted by Crippen LogP contribution is -2.32. The summed E-state index contributed by atoms with van der Waals surface area (Å²) in [6.07, 6.45) is 0.936. The lowest BCUT2D eigenvalue weighted by atomic mass is 10.1. The summed E-state index contributed by atoms with van der Waals surface area (Å²) in [5, 5.41) is 32.0. The van der Waals surface area contributed by atoms with Gasteiger partial charge in [-0.2, -0.15) is 0 Å². The highest BCUT2D eigenvalue weighted by Gasteiger charge is 2.12. The Kier molecular flexibility index (Phi) is 21.3. The first kappa shape index (κ1) is 32.6. The molecule has 12 heteroatoms. The fourth-order valence-corrected chi connectivity index (χ4v) is 1.56. The highest BCUT2D eigenvalue weighted by Crippen LogP contribution is 2.02. The third kappa shape index (κ3) is 26.9. The standard InChI is InChI=1S/C9H11NO2.C6H13NO2.2C2H5NO2/c10-8(9(11)12)6-7-4-2-1-3-5-7;1-4(2)3-5(7)6(8)9;2*3-1-2(4)5/h1-5,8H,6,10H2,(H,11,12);4-5H,3,7H2,1-2H3,(H,8,9);2*1,3H2,(H,4,5)/t8-;5-;;/m11../s1. The van der Waals surface area contributed by atoms with E-state index in [2.05, 4.69) is 11.5 Å². The lowest BCUT2D eigenvalue weighted by molar-refractivity contribution is -0.139. The van der Waals surface area contributed by atoms with E-state index in [1.54, 1.807) is 0 Å². The molecular formula is C19H34N4O8. The molecule has 0 unspecified atom stereocenters. The Hall–Kier alpha value is -3.06. The minimum atomic E-state index is -0.968. The molecule has 0 heterocycles. The molecule has 0 aliphatic rings. The molecule has 0 aromatic heterocycles. The van der Waals surface area contributed by atoms with Crippen LogP contribution in [0.4, 0.5) is 0 Å². The Morgan fingerprint density at radius 1 is 0.774 bits per heavy atom. The monoisotopic (exact) mass is 446 g/mol. The van der Waals surface area contributed by atoms with Crippen molar-refractivity contribution in [2.24, 2.45) is 28.9 Å². The molecule has 2 atom stereocenters. The highest BCUT2D eigenvalue weighted by atomic mass is 16.4. The molecule has 12 nitrogen and oxygen atoms in total. The summed E-state index contributed by atoms with van der Waals surface area (Å²) in [4.78, 5) is 39.0. The van der Waals surface area contributed by atoms with Gasteiger partial charge in [0, 0.05) is 0 Å². The number of hydrogen-bond donors (Lipinski definition) is 8. The number of rotatable bonds is 8. The molecule has 0 saturated heterocycles. The van der Waals surface area contributed by atoms with Crippen LogP contribution in [0.1, 0.15) is 25.8 Å². The molecule has 0 aliphatic carbocycles. The number of aliphatic carboxylic acids is 4. The van der Waals surface area contributed by atoms with Crippen LogP contribution < -0.4 is 22.9 Å². The molecule has 0 saturated carbocycles. The second-order valence-corrected chi connectivity index (χ2v) is 6.40. The summed E-state index contributed by atoms with van der Waals surface area (Å²) >= 11 is 0. The number of nitrogens with two attached hydrogens (primary N) is 4. The summed E-state index contributed by atoms with van der Waals surface area (Å²) in [6.45, 7) is 3.34. The number of carbonyl (C=O) groups is 4. The first-order chi connectivity index (χ1) is 14.3. The van der Waals surface area contributed by atoms with E-state index < -0.39 is 36.0 Å². The molecule has 0 aliphatic heterocycles. The van der Waals surface area contributed by atoms with Crippen LogP contribution in [0.3, 0.4) is 0 Å². The fourth-order valence-electron chi connectivity index (χ4n) is 1.56. The van der Waals surface area contributed by atoms with Crippen LogP contribution >= 0.6 is 0 Å². The van der Waals surface area contributed by atoms with Crippen LogP contribution in [0, 0.1) is 5.92 Å². The molecule has 31 heavy (non-hydrogen) atoms. The number of carboxylic acid groups (broad SMARTS) is 4. The molecular weight excluding hydrogens is 412 g/mol. The van der Waals surface area contributed by atoms with Gasteiger partial charge in [0.05, 0.1) is 13.1 Å². The molecule has 1 rings (SSSR count). The molecule has 178 valence electrons. The second-order valence-electron chi connectivity index (χ2n) is 6.40. The van der Waals surface area contributed by atoms with Crippen LogP contribution in [0.25, 0.3) is 0 Å². The molecule has 0 bridgehead atoms. The van der Waals surface area contributed by atoms with Crippen molar-refractivity contribution in [2.45, 2.75) is 38.8 Å². The van der Waals surface area contributed by atoms with E-state index in [0.717, 1.165) is 5.56 Å². The van der Waals surface area contributed by atoms with Crippen LogP contribution in [0.5, 0.6) is 0 Å². The van der Waals surface area contributed by atoms with Crippen molar-refractivity contribution in [1.29, 1.82) is 0 Å². The van der Waals surface area contributed by atoms with Crippen molar-refractivity contribution in [3.8, 4) is 0 Å². The van der Waals surface area contributed by atoms with Gasteiger partial charge in [-0.1, -0.05) is 44.2 Å². The van der Waals surface area contributed by atoms with E-state index in [0.29, 0.717) is 18.8 Å². The van der Waals surface area contributed by atoms with E-state index in [4.69, 9.17) is 31.9 Å². The minimum absolute atomic E-state index is 0.278. The third-order valence-electron chi connectivity index (χ3n) is 3.01. The second kappa shape index (κ2) is 20.2. The SMILES string of the molecule is CC(C)C[C@@H](N)C(=O)O.NCC(=O)O.NCC(=O)O.N[C@H](Cc1ccccc1)C(=O)O. The highest BCUT2D eigenvalue weighted by molar-refractivity contribution is 5.73. The topological polar surface area (TPSA) is 253 Å². The molecule has 12 N–H and O–H groups in total. The Bertz CT molecular complexity index is 627. The van der Waals surface area contributed by atoms with Crippen molar-refractivity contribution in [3.63, 3.8) is 0 Å². The zero-order valence-corrected chi connectivity index (χ0v) is 17.7. The van der Waals surface area contributed by atoms with Gasteiger partial charge in [-0.25, -0.2) is 0 Å². The Morgan fingerprint density at radius 2 is 1.13 bits per heavy atom. The maximum absolute atomic E-state index is 10.4. The van der Waals surface area contributed by atoms with Crippen molar-refractivity contribution in [3.05, 3.63) is 35.9 Å². The quantitative estimate of drug-likeness (QED) is 0.243. The number of carboxylic acids is 4. The molecule has 0 radical (unpaired) electrons. The van der Waals surface area contributed by atoms with Gasteiger partial charge in [0.15, 0.2) is 0 Å². The Morgan fingerprint density at radius 3 is 1.35 bits per heavy atom. The summed E-state index contributed by atoms with van der Waals surface area (Å²) < 4.78 is 0. The molecule has 0 spiro atoms. The van der Waals surface area contributed by atoms with Crippen LogP contribution in [-0.4, -0.2) is 69.5 Å². The van der Waals surface area contributed by atoms with Crippen molar-refractivity contribution >= 4 is 23.9 Å². The Balaban J connectivity index is -0.000000365. The van der Waals surface area contributed by atoms with Gasteiger partial charge in [0.2, 0.25) is 0 Å². The van der Waals surface area contributed by atoms with Gasteiger partial charge < -0.3 is 43.4 Å². The third-order valence-corrected chi connectivity index (χ3v) is 3.01. The van der Waals surface area contributed by atoms with E-state index in [1.165, 1.54) is 0 Å². The van der Waals surface area contributed by atoms with Crippen LogP contribution in [-0.2, 0) is 25.6 Å². The molecule has 0 amide bonds. The predicted octanol–water partition coefficient (Wildman–Crippen LogP) is -0.855. The molecule has 1 aromatic carbocycles. The van der Waals surface area contributed by atoms with E-state index in [-0.39, 0.29) is 13.1 Å². The predicted molar refractivity (Wildman–Crippen MR) is 114 cm³/mol. The van der Waals surface area contributed by atoms with Crippen LogP contribution in [0.15, 0.2) is 30.3 Å². The number of benzene rings is 1. The average Bonchev–Trinajstić information content (AvgIpc) is 2.69. The number of hydrogen-bond acceptors (Lipinski definition) is 8. The van der Waals surface area contributed by atoms with Crippen molar-refractivity contribution < 1.29 is 39.6 Å². The average molecular weight is 447 g/mol. The van der Waals surface area contributed by atoms with Gasteiger partial charge in [-0.3, -0.25) is 19.2 Å². The first-order valence-electron chi connectivity index (χ1n) is 9.12. The first-order valence-corrected chi connectivity index (χ1v) is 9.12. The largest absolute Gasteiger partial charge is 0.480 e. The Labute approximate surface area is 180 Å². The summed E-state index contributed by atoms with van der Waals surface area (Å²) in [6, 6.07) is 7.85. The molecule has 0 fully saturated rings. The van der Waals surface area contributed by atoms with E-state index in [9.17, 15) is 19.2 Å². The van der Waals surface area contributed by atoms with Crippen LogP contribution in [0.2, 0.25) is 0 Å². The normalized spacial score (nSPS) is 11.2. The summed E-state index contributed by atoms with van der Waals surface area (Å²) in [7, 11) is 0. The van der Waals surface area contributed by atoms with E-state index >= 15 is 0 Å². The summed E-state index contributed by atoms with van der Waals surface area (Å²) in [5.74, 6) is -3.45. The zero-order valence-electron chi connectivity index (χ0n) is 17.7. The molecule has 1 aromatic rings. The maximum Gasteiger partial charge on any atom is 0.320 e. The van der Waals surface area contributed by atoms with Gasteiger partial charge in [-0.15, -0.1) is 0 Å². The van der Waals surface area contributed by atoms with Gasteiger partial charge in [-0.05, 0) is 24.3 Å². The van der Waals surface area contributed by atoms with Gasteiger partial charge >= 0.3 is 23.9 Å². The van der Waals surface area contributed by atoms with Gasteiger partial charge in [0.25, 0.3) is 0 Å². The lowest BCUT2D eigenvalue weighted by Gasteiger charge is -2.07. The minimum Gasteiger partial charge on any atom is -0.480 e. The van der Waals surface area contributed by atoms with E-state index in [1.807, 2.05) is 44.2 Å². The smallest absolute Gasteiger partial charge is 0.320 e. The zero-order chi connectivity index (χ0) is 25.0. The van der Waals surface area contributed by atoms with Gasteiger partial charge in [0.1, 0.15) is 12.1 Å². The van der Waals surface area contributed by atoms with Crippen molar-refractivity contribution in [2.75, 3.05) is 13.1 Å². The fraction of sp³-hybridized carbons (Fsp3) is 0.474. The maximum atomic E-state index is 10.4.